The Kier molecular flexibility index (Phi) is 3.42. The SMILES string of the molecule is CC(C)(C)c1ccc2c3ccc4c5c3n(c2c1)-c1ccccc1B5c1cccc2c3ccccc3n-4c12. The fraction of sp³-hybridized carbons (Fsp3) is 0.118. The molecule has 0 amide bonds. The van der Waals surface area contributed by atoms with Crippen molar-refractivity contribution in [2.24, 2.45) is 0 Å². The number of fused-ring (bicyclic) bond motifs is 11. The number of hydrogen-bond acceptors (Lipinski definition) is 0. The maximum Gasteiger partial charge on any atom is 0.252 e. The first-order valence-electron chi connectivity index (χ1n) is 13.3. The molecule has 0 bridgehead atoms. The topological polar surface area (TPSA) is 9.86 Å². The third kappa shape index (κ3) is 2.25. The smallest absolute Gasteiger partial charge is 0.252 e. The summed E-state index contributed by atoms with van der Waals surface area (Å²) in [5.74, 6) is 0. The molecule has 0 N–H and O–H groups in total. The summed E-state index contributed by atoms with van der Waals surface area (Å²) in [6, 6.07) is 36.7. The van der Waals surface area contributed by atoms with Crippen LogP contribution >= 0.6 is 0 Å². The van der Waals surface area contributed by atoms with E-state index in [0.717, 1.165) is 0 Å². The summed E-state index contributed by atoms with van der Waals surface area (Å²) in [5.41, 5.74) is 13.6. The zero-order valence-corrected chi connectivity index (χ0v) is 21.2. The Morgan fingerprint density at radius 2 is 1.22 bits per heavy atom. The van der Waals surface area contributed by atoms with Crippen LogP contribution in [0.3, 0.4) is 0 Å². The van der Waals surface area contributed by atoms with Gasteiger partial charge in [0.15, 0.2) is 0 Å². The average molecular weight is 472 g/mol. The standard InChI is InChI=1S/C34H25BN2/c1-34(2,3)20-15-16-22-24-17-18-29-31-33(24)37(30(22)19-20)28-14-7-5-11-25(28)35(31)26-12-8-10-23-21-9-4-6-13-27(21)36(29)32(23)26/h4-19H,1-3H3. The molecule has 0 spiro atoms. The third-order valence-electron chi connectivity index (χ3n) is 8.87. The molecule has 9 rings (SSSR count). The van der Waals surface area contributed by atoms with Crippen molar-refractivity contribution in [3.63, 3.8) is 0 Å². The van der Waals surface area contributed by atoms with Gasteiger partial charge in [0.1, 0.15) is 0 Å². The molecular formula is C34H25BN2. The Bertz CT molecular complexity index is 2130. The molecule has 0 atom stereocenters. The summed E-state index contributed by atoms with van der Waals surface area (Å²) >= 11 is 0. The number of rotatable bonds is 0. The third-order valence-corrected chi connectivity index (χ3v) is 8.87. The lowest BCUT2D eigenvalue weighted by molar-refractivity contribution is 0.591. The normalized spacial score (nSPS) is 13.8. The predicted molar refractivity (Wildman–Crippen MR) is 158 cm³/mol. The Balaban J connectivity index is 1.55. The van der Waals surface area contributed by atoms with E-state index in [2.05, 4.69) is 127 Å². The van der Waals surface area contributed by atoms with Gasteiger partial charge in [-0.05, 0) is 51.6 Å². The summed E-state index contributed by atoms with van der Waals surface area (Å²) in [4.78, 5) is 0. The number of aromatic nitrogens is 2. The first kappa shape index (κ1) is 19.9. The van der Waals surface area contributed by atoms with Gasteiger partial charge in [0.2, 0.25) is 0 Å². The molecule has 174 valence electrons. The van der Waals surface area contributed by atoms with Crippen LogP contribution in [0.15, 0.2) is 97.1 Å². The van der Waals surface area contributed by atoms with Gasteiger partial charge >= 0.3 is 0 Å². The van der Waals surface area contributed by atoms with Crippen LogP contribution in [0.1, 0.15) is 26.3 Å². The number of nitrogens with zero attached hydrogens (tertiary/aromatic N) is 2. The molecule has 2 aliphatic heterocycles. The molecule has 0 saturated heterocycles. The summed E-state index contributed by atoms with van der Waals surface area (Å²) in [5, 5.41) is 5.36. The van der Waals surface area contributed by atoms with Crippen molar-refractivity contribution >= 4 is 66.7 Å². The average Bonchev–Trinajstić information content (AvgIpc) is 3.43. The second-order valence-corrected chi connectivity index (χ2v) is 11.8. The molecule has 3 heteroatoms. The zero-order chi connectivity index (χ0) is 24.6. The molecule has 7 aromatic rings. The molecule has 0 unspecified atom stereocenters. The van der Waals surface area contributed by atoms with Gasteiger partial charge < -0.3 is 9.13 Å². The van der Waals surface area contributed by atoms with Crippen LogP contribution in [-0.2, 0) is 5.41 Å². The molecular weight excluding hydrogens is 447 g/mol. The minimum atomic E-state index is 0.0929. The Morgan fingerprint density at radius 1 is 0.541 bits per heavy atom. The summed E-state index contributed by atoms with van der Waals surface area (Å²) in [6.45, 7) is 7.13. The lowest BCUT2D eigenvalue weighted by atomic mass is 9.34. The van der Waals surface area contributed by atoms with Gasteiger partial charge in [-0.25, -0.2) is 0 Å². The van der Waals surface area contributed by atoms with Crippen molar-refractivity contribution < 1.29 is 0 Å². The highest BCUT2D eigenvalue weighted by molar-refractivity contribution is 7.00. The van der Waals surface area contributed by atoms with Crippen molar-refractivity contribution in [1.82, 2.24) is 9.13 Å². The second-order valence-electron chi connectivity index (χ2n) is 11.8. The van der Waals surface area contributed by atoms with Crippen LogP contribution in [0.2, 0.25) is 0 Å². The Labute approximate surface area is 215 Å². The van der Waals surface area contributed by atoms with E-state index in [9.17, 15) is 0 Å². The highest BCUT2D eigenvalue weighted by Crippen LogP contribution is 2.40. The van der Waals surface area contributed by atoms with Crippen molar-refractivity contribution in [2.75, 3.05) is 0 Å². The van der Waals surface area contributed by atoms with E-state index >= 15 is 0 Å². The van der Waals surface area contributed by atoms with Crippen molar-refractivity contribution in [3.05, 3.63) is 103 Å². The molecule has 0 fully saturated rings. The minimum absolute atomic E-state index is 0.0929. The fourth-order valence-electron chi connectivity index (χ4n) is 7.26. The van der Waals surface area contributed by atoms with Crippen LogP contribution in [-0.4, -0.2) is 15.8 Å². The molecule has 0 saturated carbocycles. The van der Waals surface area contributed by atoms with Crippen LogP contribution in [0.25, 0.3) is 55.0 Å². The van der Waals surface area contributed by atoms with E-state index in [0.29, 0.717) is 0 Å². The molecule has 0 radical (unpaired) electrons. The first-order chi connectivity index (χ1) is 18.0. The highest BCUT2D eigenvalue weighted by Gasteiger charge is 2.40. The Hall–Kier alpha value is -4.24. The number of benzene rings is 5. The van der Waals surface area contributed by atoms with Crippen LogP contribution in [0.4, 0.5) is 0 Å². The Morgan fingerprint density at radius 3 is 2.11 bits per heavy atom. The first-order valence-corrected chi connectivity index (χ1v) is 13.3. The quantitative estimate of drug-likeness (QED) is 0.229. The molecule has 0 aliphatic carbocycles. The maximum absolute atomic E-state index is 2.56. The fourth-order valence-corrected chi connectivity index (χ4v) is 7.26. The van der Waals surface area contributed by atoms with Gasteiger partial charge in [-0.1, -0.05) is 93.6 Å². The lowest BCUT2D eigenvalue weighted by Crippen LogP contribution is -2.59. The molecule has 2 aliphatic rings. The zero-order valence-electron chi connectivity index (χ0n) is 21.2. The van der Waals surface area contributed by atoms with Gasteiger partial charge in [-0.2, -0.15) is 0 Å². The molecule has 2 nitrogen and oxygen atoms in total. The molecule has 37 heavy (non-hydrogen) atoms. The summed E-state index contributed by atoms with van der Waals surface area (Å²) < 4.78 is 5.09. The van der Waals surface area contributed by atoms with Crippen LogP contribution in [0, 0.1) is 0 Å². The molecule has 5 aromatic carbocycles. The summed E-state index contributed by atoms with van der Waals surface area (Å²) in [7, 11) is 0. The lowest BCUT2D eigenvalue weighted by Gasteiger charge is -2.33. The minimum Gasteiger partial charge on any atom is -0.310 e. The number of hydrogen-bond donors (Lipinski definition) is 0. The maximum atomic E-state index is 2.56. The van der Waals surface area contributed by atoms with Crippen molar-refractivity contribution in [3.8, 4) is 11.4 Å². The highest BCUT2D eigenvalue weighted by atomic mass is 15.0. The van der Waals surface area contributed by atoms with Gasteiger partial charge in [0, 0.05) is 38.4 Å². The van der Waals surface area contributed by atoms with E-state index < -0.39 is 0 Å². The van der Waals surface area contributed by atoms with Crippen molar-refractivity contribution in [2.45, 2.75) is 26.2 Å². The second kappa shape index (κ2) is 6.36. The van der Waals surface area contributed by atoms with E-state index in [4.69, 9.17) is 0 Å². The van der Waals surface area contributed by atoms with Gasteiger partial charge in [0.05, 0.1) is 16.6 Å². The van der Waals surface area contributed by atoms with Crippen LogP contribution < -0.4 is 16.4 Å². The molecule has 4 heterocycles. The summed E-state index contributed by atoms with van der Waals surface area (Å²) in [6.07, 6.45) is 0. The van der Waals surface area contributed by atoms with E-state index in [1.807, 2.05) is 0 Å². The van der Waals surface area contributed by atoms with Gasteiger partial charge in [-0.15, -0.1) is 0 Å². The monoisotopic (exact) mass is 472 g/mol. The van der Waals surface area contributed by atoms with E-state index in [1.165, 1.54) is 76.9 Å². The van der Waals surface area contributed by atoms with Gasteiger partial charge in [-0.3, -0.25) is 0 Å². The number of para-hydroxylation sites is 3. The van der Waals surface area contributed by atoms with Crippen molar-refractivity contribution in [1.29, 1.82) is 0 Å². The van der Waals surface area contributed by atoms with E-state index in [-0.39, 0.29) is 12.1 Å². The molecule has 2 aromatic heterocycles. The van der Waals surface area contributed by atoms with Gasteiger partial charge in [0.25, 0.3) is 6.71 Å². The van der Waals surface area contributed by atoms with Crippen LogP contribution in [0.5, 0.6) is 0 Å². The van der Waals surface area contributed by atoms with E-state index in [1.54, 1.807) is 0 Å². The largest absolute Gasteiger partial charge is 0.310 e. The predicted octanol–water partition coefficient (Wildman–Crippen LogP) is 6.32.